The number of rotatable bonds is 3. The molecular weight excluding hydrogens is 195 g/mol. The fourth-order valence-electron chi connectivity index (χ4n) is 1.92. The van der Waals surface area contributed by atoms with Gasteiger partial charge < -0.3 is 9.53 Å². The van der Waals surface area contributed by atoms with Gasteiger partial charge in [0, 0.05) is 6.61 Å². The van der Waals surface area contributed by atoms with Crippen LogP contribution in [-0.2, 0) is 16.0 Å². The maximum atomic E-state index is 13.4. The minimum atomic E-state index is -0.512. The Balaban J connectivity index is 2.20. The molecule has 2 nitrogen and oxygen atoms in total. The van der Waals surface area contributed by atoms with E-state index in [1.165, 1.54) is 6.07 Å². The van der Waals surface area contributed by atoms with Crippen molar-refractivity contribution in [1.82, 2.24) is 0 Å². The Bertz CT molecular complexity index is 356. The van der Waals surface area contributed by atoms with Gasteiger partial charge in [0.2, 0.25) is 0 Å². The van der Waals surface area contributed by atoms with Crippen molar-refractivity contribution in [2.24, 2.45) is 5.41 Å². The zero-order chi connectivity index (χ0) is 10.7. The molecule has 2 rings (SSSR count). The van der Waals surface area contributed by atoms with Crippen LogP contribution in [0, 0.1) is 11.2 Å². The van der Waals surface area contributed by atoms with Crippen molar-refractivity contribution < 1.29 is 13.9 Å². The van der Waals surface area contributed by atoms with Crippen LogP contribution in [0.25, 0.3) is 0 Å². The summed E-state index contributed by atoms with van der Waals surface area (Å²) < 4.78 is 18.6. The van der Waals surface area contributed by atoms with E-state index >= 15 is 0 Å². The molecule has 0 spiro atoms. The summed E-state index contributed by atoms with van der Waals surface area (Å²) in [5.74, 6) is -0.245. The first-order valence-electron chi connectivity index (χ1n) is 5.03. The van der Waals surface area contributed by atoms with Crippen molar-refractivity contribution in [3.05, 3.63) is 35.6 Å². The topological polar surface area (TPSA) is 26.3 Å². The molecule has 1 aliphatic rings. The summed E-state index contributed by atoms with van der Waals surface area (Å²) in [6.07, 6.45) is 2.03. The molecule has 0 N–H and O–H groups in total. The second kappa shape index (κ2) is 4.11. The number of benzene rings is 1. The monoisotopic (exact) mass is 208 g/mol. The van der Waals surface area contributed by atoms with Gasteiger partial charge in [-0.15, -0.1) is 0 Å². The highest BCUT2D eigenvalue weighted by Crippen LogP contribution is 2.31. The number of hydrogen-bond donors (Lipinski definition) is 0. The second-order valence-corrected chi connectivity index (χ2v) is 4.05. The molecule has 0 saturated carbocycles. The molecule has 1 aromatic carbocycles. The number of aldehydes is 1. The number of halogens is 1. The van der Waals surface area contributed by atoms with Crippen LogP contribution in [-0.4, -0.2) is 19.5 Å². The number of ether oxygens (including phenoxy) is 1. The minimum absolute atomic E-state index is 0.245. The first kappa shape index (κ1) is 10.3. The van der Waals surface area contributed by atoms with Gasteiger partial charge in [-0.1, -0.05) is 18.2 Å². The van der Waals surface area contributed by atoms with Crippen LogP contribution in [0.2, 0.25) is 0 Å². The molecule has 1 atom stereocenters. The fraction of sp³-hybridized carbons (Fsp3) is 0.417. The van der Waals surface area contributed by atoms with E-state index in [9.17, 15) is 9.18 Å². The molecule has 1 unspecified atom stereocenters. The summed E-state index contributed by atoms with van der Waals surface area (Å²) in [5.41, 5.74) is 0.0810. The molecule has 1 fully saturated rings. The Labute approximate surface area is 88.1 Å². The molecule has 1 aromatic rings. The van der Waals surface area contributed by atoms with Gasteiger partial charge in [0.25, 0.3) is 0 Å². The van der Waals surface area contributed by atoms with E-state index in [1.54, 1.807) is 18.2 Å². The van der Waals surface area contributed by atoms with Gasteiger partial charge >= 0.3 is 0 Å². The molecule has 3 heteroatoms. The lowest BCUT2D eigenvalue weighted by atomic mass is 9.82. The van der Waals surface area contributed by atoms with Crippen LogP contribution >= 0.6 is 0 Å². The van der Waals surface area contributed by atoms with E-state index in [1.807, 2.05) is 0 Å². The standard InChI is InChI=1S/C12H13FO2/c13-11-4-2-1-3-10(11)7-12(8-14)5-6-15-9-12/h1-4,8H,5-7,9H2. The molecule has 0 aromatic heterocycles. The Hall–Kier alpha value is -1.22. The average molecular weight is 208 g/mol. The van der Waals surface area contributed by atoms with Crippen molar-refractivity contribution in [2.75, 3.05) is 13.2 Å². The molecule has 1 aliphatic heterocycles. The van der Waals surface area contributed by atoms with Gasteiger partial charge in [0.1, 0.15) is 12.1 Å². The van der Waals surface area contributed by atoms with Gasteiger partial charge in [-0.2, -0.15) is 0 Å². The Morgan fingerprint density at radius 2 is 2.27 bits per heavy atom. The molecule has 15 heavy (non-hydrogen) atoms. The van der Waals surface area contributed by atoms with E-state index < -0.39 is 5.41 Å². The molecule has 0 aliphatic carbocycles. The smallest absolute Gasteiger partial charge is 0.128 e. The van der Waals surface area contributed by atoms with Crippen LogP contribution in [0.3, 0.4) is 0 Å². The van der Waals surface area contributed by atoms with Crippen LogP contribution in [0.15, 0.2) is 24.3 Å². The highest BCUT2D eigenvalue weighted by atomic mass is 19.1. The van der Waals surface area contributed by atoms with Crippen molar-refractivity contribution in [1.29, 1.82) is 0 Å². The molecule has 1 saturated heterocycles. The molecule has 0 amide bonds. The van der Waals surface area contributed by atoms with Crippen molar-refractivity contribution in [3.63, 3.8) is 0 Å². The van der Waals surface area contributed by atoms with E-state index in [-0.39, 0.29) is 5.82 Å². The molecule has 0 radical (unpaired) electrons. The summed E-state index contributed by atoms with van der Waals surface area (Å²) in [7, 11) is 0. The third-order valence-corrected chi connectivity index (χ3v) is 2.88. The largest absolute Gasteiger partial charge is 0.380 e. The highest BCUT2D eigenvalue weighted by molar-refractivity contribution is 5.61. The summed E-state index contributed by atoms with van der Waals surface area (Å²) in [5, 5.41) is 0. The second-order valence-electron chi connectivity index (χ2n) is 4.05. The van der Waals surface area contributed by atoms with Crippen LogP contribution in [0.5, 0.6) is 0 Å². The molecule has 0 bridgehead atoms. The minimum Gasteiger partial charge on any atom is -0.380 e. The van der Waals surface area contributed by atoms with Gasteiger partial charge in [0.15, 0.2) is 0 Å². The zero-order valence-corrected chi connectivity index (χ0v) is 8.41. The highest BCUT2D eigenvalue weighted by Gasteiger charge is 2.35. The average Bonchev–Trinajstić information content (AvgIpc) is 2.71. The van der Waals surface area contributed by atoms with Gasteiger partial charge in [0.05, 0.1) is 12.0 Å². The van der Waals surface area contributed by atoms with Crippen molar-refractivity contribution in [2.45, 2.75) is 12.8 Å². The maximum Gasteiger partial charge on any atom is 0.128 e. The van der Waals surface area contributed by atoms with Crippen LogP contribution < -0.4 is 0 Å². The summed E-state index contributed by atoms with van der Waals surface area (Å²) in [4.78, 5) is 11.0. The van der Waals surface area contributed by atoms with E-state index in [0.29, 0.717) is 31.6 Å². The lowest BCUT2D eigenvalue weighted by Crippen LogP contribution is -2.26. The number of carbonyl (C=O) groups is 1. The normalized spacial score (nSPS) is 25.4. The first-order chi connectivity index (χ1) is 7.26. The SMILES string of the molecule is O=CC1(Cc2ccccc2F)CCOC1. The number of carbonyl (C=O) groups excluding carboxylic acids is 1. The van der Waals surface area contributed by atoms with Gasteiger partial charge in [-0.25, -0.2) is 4.39 Å². The maximum absolute atomic E-state index is 13.4. The van der Waals surface area contributed by atoms with Crippen molar-refractivity contribution in [3.8, 4) is 0 Å². The van der Waals surface area contributed by atoms with Crippen LogP contribution in [0.1, 0.15) is 12.0 Å². The van der Waals surface area contributed by atoms with Gasteiger partial charge in [-0.3, -0.25) is 0 Å². The Kier molecular flexibility index (Phi) is 2.82. The molecular formula is C12H13FO2. The van der Waals surface area contributed by atoms with E-state index in [0.717, 1.165) is 6.29 Å². The summed E-state index contributed by atoms with van der Waals surface area (Å²) >= 11 is 0. The zero-order valence-electron chi connectivity index (χ0n) is 8.41. The lowest BCUT2D eigenvalue weighted by molar-refractivity contribution is -0.116. The third-order valence-electron chi connectivity index (χ3n) is 2.88. The summed E-state index contributed by atoms with van der Waals surface area (Å²) in [6.45, 7) is 0.998. The third kappa shape index (κ3) is 2.07. The van der Waals surface area contributed by atoms with Gasteiger partial charge in [-0.05, 0) is 24.5 Å². The Morgan fingerprint density at radius 1 is 1.47 bits per heavy atom. The van der Waals surface area contributed by atoms with E-state index in [2.05, 4.69) is 0 Å². The van der Waals surface area contributed by atoms with E-state index in [4.69, 9.17) is 4.74 Å². The number of hydrogen-bond acceptors (Lipinski definition) is 2. The Morgan fingerprint density at radius 3 is 2.87 bits per heavy atom. The van der Waals surface area contributed by atoms with Crippen molar-refractivity contribution >= 4 is 6.29 Å². The first-order valence-corrected chi connectivity index (χ1v) is 5.03. The molecule has 1 heterocycles. The molecule has 80 valence electrons. The van der Waals surface area contributed by atoms with Crippen LogP contribution in [0.4, 0.5) is 4.39 Å². The fourth-order valence-corrected chi connectivity index (χ4v) is 1.92. The predicted molar refractivity (Wildman–Crippen MR) is 54.0 cm³/mol. The predicted octanol–water partition coefficient (Wildman–Crippen LogP) is 1.97. The lowest BCUT2D eigenvalue weighted by Gasteiger charge is -2.19. The summed E-state index contributed by atoms with van der Waals surface area (Å²) in [6, 6.07) is 6.58. The quantitative estimate of drug-likeness (QED) is 0.710.